The van der Waals surface area contributed by atoms with Crippen LogP contribution in [0.5, 0.6) is 0 Å². The third-order valence-corrected chi connectivity index (χ3v) is 3.77. The summed E-state index contributed by atoms with van der Waals surface area (Å²) in [6, 6.07) is 5.89. The minimum atomic E-state index is 0.162. The van der Waals surface area contributed by atoms with Gasteiger partial charge in [0.2, 0.25) is 0 Å². The normalized spacial score (nSPS) is 14.0. The molecule has 0 aromatic carbocycles. The molecule has 1 aromatic rings. The van der Waals surface area contributed by atoms with Crippen LogP contribution in [0.25, 0.3) is 0 Å². The molecule has 2 unspecified atom stereocenters. The molecule has 1 heterocycles. The molecular formula is C12H17N3OS. The molecule has 92 valence electrons. The second-order valence-electron chi connectivity index (χ2n) is 3.79. The first-order valence-electron chi connectivity index (χ1n) is 5.43. The van der Waals surface area contributed by atoms with Gasteiger partial charge in [-0.15, -0.1) is 0 Å². The first-order valence-corrected chi connectivity index (χ1v) is 6.72. The van der Waals surface area contributed by atoms with Crippen molar-refractivity contribution in [2.75, 3.05) is 12.9 Å². The lowest BCUT2D eigenvalue weighted by molar-refractivity contribution is 0.276. The van der Waals surface area contributed by atoms with Crippen LogP contribution in [0.2, 0.25) is 0 Å². The van der Waals surface area contributed by atoms with Crippen LogP contribution < -0.4 is 5.32 Å². The lowest BCUT2D eigenvalue weighted by Gasteiger charge is -2.21. The number of pyridine rings is 1. The van der Waals surface area contributed by atoms with Crippen molar-refractivity contribution in [3.8, 4) is 6.07 Å². The van der Waals surface area contributed by atoms with Crippen molar-refractivity contribution in [1.82, 2.24) is 10.3 Å². The molecule has 0 aliphatic carbocycles. The summed E-state index contributed by atoms with van der Waals surface area (Å²) >= 11 is 1.64. The molecule has 4 nitrogen and oxygen atoms in total. The molecule has 0 aliphatic rings. The molecule has 0 bridgehead atoms. The molecule has 0 amide bonds. The summed E-state index contributed by atoms with van der Waals surface area (Å²) in [5.74, 6) is 0. The van der Waals surface area contributed by atoms with Crippen molar-refractivity contribution in [2.45, 2.75) is 24.8 Å². The van der Waals surface area contributed by atoms with E-state index in [0.717, 1.165) is 5.56 Å². The predicted octanol–water partition coefficient (Wildman–Crippen LogP) is 1.16. The van der Waals surface area contributed by atoms with Crippen LogP contribution in [-0.4, -0.2) is 34.2 Å². The Morgan fingerprint density at radius 1 is 1.65 bits per heavy atom. The quantitative estimate of drug-likeness (QED) is 0.794. The van der Waals surface area contributed by atoms with Crippen LogP contribution in [0.1, 0.15) is 18.2 Å². The van der Waals surface area contributed by atoms with Gasteiger partial charge in [-0.05, 0) is 30.9 Å². The van der Waals surface area contributed by atoms with E-state index in [0.29, 0.717) is 12.2 Å². The number of rotatable bonds is 6. The average Bonchev–Trinajstić information content (AvgIpc) is 2.38. The van der Waals surface area contributed by atoms with E-state index in [2.05, 4.69) is 10.3 Å². The zero-order chi connectivity index (χ0) is 12.7. The highest BCUT2D eigenvalue weighted by Crippen LogP contribution is 2.11. The SMILES string of the molecule is CSC(CO)C(C)NCc1ccnc(C#N)c1. The maximum absolute atomic E-state index is 9.16. The first-order chi connectivity index (χ1) is 8.21. The Labute approximate surface area is 106 Å². The number of aliphatic hydroxyl groups is 1. The third-order valence-electron chi connectivity index (χ3n) is 2.61. The van der Waals surface area contributed by atoms with E-state index in [1.165, 1.54) is 0 Å². The van der Waals surface area contributed by atoms with Gasteiger partial charge in [-0.25, -0.2) is 4.98 Å². The largest absolute Gasteiger partial charge is 0.395 e. The Kier molecular flexibility index (Phi) is 5.98. The number of hydrogen-bond donors (Lipinski definition) is 2. The molecule has 17 heavy (non-hydrogen) atoms. The number of aromatic nitrogens is 1. The number of nitriles is 1. The molecular weight excluding hydrogens is 234 g/mol. The van der Waals surface area contributed by atoms with E-state index in [1.54, 1.807) is 24.0 Å². The summed E-state index contributed by atoms with van der Waals surface area (Å²) in [5, 5.41) is 21.4. The maximum atomic E-state index is 9.16. The fourth-order valence-corrected chi connectivity index (χ4v) is 2.15. The molecule has 0 radical (unpaired) electrons. The fourth-order valence-electron chi connectivity index (χ4n) is 1.49. The molecule has 1 rings (SSSR count). The molecule has 0 fully saturated rings. The predicted molar refractivity (Wildman–Crippen MR) is 69.6 cm³/mol. The van der Waals surface area contributed by atoms with Gasteiger partial charge in [0, 0.05) is 24.0 Å². The topological polar surface area (TPSA) is 68.9 Å². The molecule has 2 N–H and O–H groups in total. The Hall–Kier alpha value is -1.09. The van der Waals surface area contributed by atoms with Crippen LogP contribution in [-0.2, 0) is 6.54 Å². The lowest BCUT2D eigenvalue weighted by Crippen LogP contribution is -2.37. The molecule has 1 aromatic heterocycles. The number of hydrogen-bond acceptors (Lipinski definition) is 5. The summed E-state index contributed by atoms with van der Waals surface area (Å²) in [4.78, 5) is 3.92. The van der Waals surface area contributed by atoms with Crippen LogP contribution in [0, 0.1) is 11.3 Å². The number of nitrogens with one attached hydrogen (secondary N) is 1. The monoisotopic (exact) mass is 251 g/mol. The highest BCUT2D eigenvalue weighted by molar-refractivity contribution is 7.99. The number of thioether (sulfide) groups is 1. The van der Waals surface area contributed by atoms with Crippen molar-refractivity contribution < 1.29 is 5.11 Å². The van der Waals surface area contributed by atoms with Crippen molar-refractivity contribution in [3.05, 3.63) is 29.6 Å². The minimum absolute atomic E-state index is 0.162. The van der Waals surface area contributed by atoms with Crippen LogP contribution in [0.4, 0.5) is 0 Å². The Balaban J connectivity index is 2.52. The van der Waals surface area contributed by atoms with Gasteiger partial charge in [-0.1, -0.05) is 0 Å². The van der Waals surface area contributed by atoms with E-state index in [1.807, 2.05) is 25.3 Å². The summed E-state index contributed by atoms with van der Waals surface area (Å²) in [7, 11) is 0. The summed E-state index contributed by atoms with van der Waals surface area (Å²) in [6.07, 6.45) is 3.62. The van der Waals surface area contributed by atoms with Crippen molar-refractivity contribution in [1.29, 1.82) is 5.26 Å². The molecule has 0 aliphatic heterocycles. The smallest absolute Gasteiger partial charge is 0.140 e. The highest BCUT2D eigenvalue weighted by atomic mass is 32.2. The van der Waals surface area contributed by atoms with Crippen LogP contribution in [0.3, 0.4) is 0 Å². The number of nitrogens with zero attached hydrogens (tertiary/aromatic N) is 2. The van der Waals surface area contributed by atoms with Gasteiger partial charge < -0.3 is 10.4 Å². The van der Waals surface area contributed by atoms with Gasteiger partial charge in [0.25, 0.3) is 0 Å². The standard InChI is InChI=1S/C12H17N3OS/c1-9(12(8-16)17-2)15-7-10-3-4-14-11(5-10)6-13/h3-5,9,12,15-16H,7-8H2,1-2H3. The molecule has 0 spiro atoms. The third kappa shape index (κ3) is 4.35. The van der Waals surface area contributed by atoms with Gasteiger partial charge >= 0.3 is 0 Å². The van der Waals surface area contributed by atoms with E-state index >= 15 is 0 Å². The first kappa shape index (κ1) is 14.0. The van der Waals surface area contributed by atoms with Gasteiger partial charge in [0.15, 0.2) is 0 Å². The Bertz CT molecular complexity index is 388. The summed E-state index contributed by atoms with van der Waals surface area (Å²) < 4.78 is 0. The van der Waals surface area contributed by atoms with Crippen molar-refractivity contribution >= 4 is 11.8 Å². The molecule has 0 saturated carbocycles. The molecule has 0 saturated heterocycles. The maximum Gasteiger partial charge on any atom is 0.140 e. The van der Waals surface area contributed by atoms with Gasteiger partial charge in [-0.3, -0.25) is 0 Å². The molecule has 2 atom stereocenters. The lowest BCUT2D eigenvalue weighted by atomic mass is 10.2. The van der Waals surface area contributed by atoms with E-state index < -0.39 is 0 Å². The average molecular weight is 251 g/mol. The van der Waals surface area contributed by atoms with Crippen molar-refractivity contribution in [2.24, 2.45) is 0 Å². The van der Waals surface area contributed by atoms with E-state index in [9.17, 15) is 0 Å². The minimum Gasteiger partial charge on any atom is -0.395 e. The second kappa shape index (κ2) is 7.28. The zero-order valence-corrected chi connectivity index (χ0v) is 10.9. The summed E-state index contributed by atoms with van der Waals surface area (Å²) in [6.45, 7) is 2.88. The Morgan fingerprint density at radius 2 is 2.41 bits per heavy atom. The van der Waals surface area contributed by atoms with Gasteiger partial charge in [0.05, 0.1) is 6.61 Å². The van der Waals surface area contributed by atoms with E-state index in [4.69, 9.17) is 10.4 Å². The molecule has 5 heteroatoms. The fraction of sp³-hybridized carbons (Fsp3) is 0.500. The zero-order valence-electron chi connectivity index (χ0n) is 10.1. The van der Waals surface area contributed by atoms with Crippen LogP contribution >= 0.6 is 11.8 Å². The van der Waals surface area contributed by atoms with Crippen molar-refractivity contribution in [3.63, 3.8) is 0 Å². The highest BCUT2D eigenvalue weighted by Gasteiger charge is 2.14. The summed E-state index contributed by atoms with van der Waals surface area (Å²) in [5.41, 5.74) is 1.46. The number of aliphatic hydroxyl groups excluding tert-OH is 1. The van der Waals surface area contributed by atoms with Gasteiger partial charge in [0.1, 0.15) is 11.8 Å². The van der Waals surface area contributed by atoms with Crippen LogP contribution in [0.15, 0.2) is 18.3 Å². The Morgan fingerprint density at radius 3 is 3.00 bits per heavy atom. The van der Waals surface area contributed by atoms with Gasteiger partial charge in [-0.2, -0.15) is 17.0 Å². The van der Waals surface area contributed by atoms with E-state index in [-0.39, 0.29) is 17.9 Å². The second-order valence-corrected chi connectivity index (χ2v) is 4.86.